The van der Waals surface area contributed by atoms with E-state index in [9.17, 15) is 5.11 Å². The van der Waals surface area contributed by atoms with Crippen LogP contribution in [0.5, 0.6) is 28.9 Å². The molecule has 0 spiro atoms. The number of nitrogens with zero attached hydrogens (tertiary/aromatic N) is 4. The fourth-order valence-corrected chi connectivity index (χ4v) is 3.47. The van der Waals surface area contributed by atoms with Crippen LogP contribution in [-0.2, 0) is 0 Å². The first-order valence-electron chi connectivity index (χ1n) is 9.21. The predicted octanol–water partition coefficient (Wildman–Crippen LogP) is 1.16. The zero-order valence-electron chi connectivity index (χ0n) is 16.0. The molecule has 2 aliphatic rings. The number of methoxy groups -OCH3 is 2. The molecule has 0 aliphatic carbocycles. The number of benzene rings is 1. The molecule has 150 valence electrons. The molecule has 0 amide bonds. The maximum absolute atomic E-state index is 9.53. The second kappa shape index (κ2) is 7.97. The summed E-state index contributed by atoms with van der Waals surface area (Å²) >= 11 is 0. The average Bonchev–Trinajstić information content (AvgIpc) is 2.73. The Kier molecular flexibility index (Phi) is 5.25. The van der Waals surface area contributed by atoms with E-state index in [1.807, 2.05) is 12.1 Å². The molecule has 0 bridgehead atoms. The van der Waals surface area contributed by atoms with Crippen molar-refractivity contribution in [2.75, 3.05) is 58.5 Å². The quantitative estimate of drug-likeness (QED) is 0.810. The van der Waals surface area contributed by atoms with Gasteiger partial charge in [0.2, 0.25) is 23.3 Å². The molecule has 0 radical (unpaired) electrons. The van der Waals surface area contributed by atoms with Crippen molar-refractivity contribution >= 4 is 5.95 Å². The number of ether oxygens (including phenoxy) is 4. The summed E-state index contributed by atoms with van der Waals surface area (Å²) in [5.41, 5.74) is 0. The van der Waals surface area contributed by atoms with Crippen molar-refractivity contribution < 1.29 is 24.1 Å². The highest BCUT2D eigenvalue weighted by Crippen LogP contribution is 2.46. The molecule has 1 aromatic carbocycles. The van der Waals surface area contributed by atoms with Crippen molar-refractivity contribution in [2.24, 2.45) is 0 Å². The van der Waals surface area contributed by atoms with Gasteiger partial charge in [-0.15, -0.1) is 0 Å². The van der Waals surface area contributed by atoms with Gasteiger partial charge in [0.05, 0.1) is 14.2 Å². The lowest BCUT2D eigenvalue weighted by Crippen LogP contribution is -2.51. The Morgan fingerprint density at radius 1 is 1.07 bits per heavy atom. The zero-order chi connectivity index (χ0) is 19.5. The summed E-state index contributed by atoms with van der Waals surface area (Å²) in [6, 6.07) is 5.10. The van der Waals surface area contributed by atoms with Gasteiger partial charge in [-0.1, -0.05) is 0 Å². The smallest absolute Gasteiger partial charge is 0.228 e. The number of aromatic hydroxyl groups is 1. The highest BCUT2D eigenvalue weighted by molar-refractivity contribution is 5.59. The van der Waals surface area contributed by atoms with Crippen molar-refractivity contribution in [3.8, 4) is 28.9 Å². The van der Waals surface area contributed by atoms with Crippen LogP contribution >= 0.6 is 0 Å². The van der Waals surface area contributed by atoms with Crippen LogP contribution < -0.4 is 23.8 Å². The van der Waals surface area contributed by atoms with Crippen molar-refractivity contribution in [1.82, 2.24) is 14.9 Å². The molecular weight excluding hydrogens is 364 g/mol. The maximum atomic E-state index is 9.53. The highest BCUT2D eigenvalue weighted by Gasteiger charge is 2.30. The number of aromatic nitrogens is 2. The molecule has 1 unspecified atom stereocenters. The van der Waals surface area contributed by atoms with E-state index in [1.54, 1.807) is 20.4 Å². The Morgan fingerprint density at radius 2 is 1.79 bits per heavy atom. The molecular formula is C19H24N4O5. The summed E-state index contributed by atoms with van der Waals surface area (Å²) < 4.78 is 22.9. The van der Waals surface area contributed by atoms with Crippen LogP contribution in [0.4, 0.5) is 5.95 Å². The van der Waals surface area contributed by atoms with Gasteiger partial charge in [0, 0.05) is 45.0 Å². The monoisotopic (exact) mass is 388 g/mol. The van der Waals surface area contributed by atoms with E-state index in [0.717, 1.165) is 32.7 Å². The second-order valence-corrected chi connectivity index (χ2v) is 6.68. The van der Waals surface area contributed by atoms with E-state index < -0.39 is 0 Å². The maximum Gasteiger partial charge on any atom is 0.228 e. The summed E-state index contributed by atoms with van der Waals surface area (Å²) in [5.74, 6) is 2.99. The van der Waals surface area contributed by atoms with Crippen LogP contribution in [0.15, 0.2) is 24.4 Å². The molecule has 1 fully saturated rings. The van der Waals surface area contributed by atoms with Gasteiger partial charge < -0.3 is 29.0 Å². The van der Waals surface area contributed by atoms with E-state index in [4.69, 9.17) is 18.9 Å². The van der Waals surface area contributed by atoms with Gasteiger partial charge in [0.25, 0.3) is 0 Å². The van der Waals surface area contributed by atoms with Crippen molar-refractivity contribution in [1.29, 1.82) is 0 Å². The number of fused-ring (bicyclic) bond motifs is 1. The Balaban J connectivity index is 1.37. The molecule has 1 saturated heterocycles. The number of hydrogen-bond acceptors (Lipinski definition) is 9. The Hall–Kier alpha value is -2.94. The average molecular weight is 388 g/mol. The minimum atomic E-state index is -0.0999. The molecule has 0 saturated carbocycles. The standard InChI is InChI=1S/C19H24N4O5/c1-25-14-3-4-15(26-2)18-17(14)27-12-13(28-18)11-22-7-9-23(10-8-22)19-20-6-5-16(24)21-19/h3-6,13H,7-12H2,1-2H3,(H,20,21,24). The molecule has 9 heteroatoms. The number of rotatable bonds is 5. The summed E-state index contributed by atoms with van der Waals surface area (Å²) in [4.78, 5) is 12.7. The molecule has 4 rings (SSSR count). The third-order valence-electron chi connectivity index (χ3n) is 4.92. The Morgan fingerprint density at radius 3 is 2.46 bits per heavy atom. The molecule has 28 heavy (non-hydrogen) atoms. The SMILES string of the molecule is COc1ccc(OC)c2c1OCC(CN1CCN(c3nccc(O)n3)CC1)O2. The summed E-state index contributed by atoms with van der Waals surface area (Å²) in [5, 5.41) is 9.53. The van der Waals surface area contributed by atoms with Gasteiger partial charge >= 0.3 is 0 Å². The topological polar surface area (TPSA) is 89.4 Å². The van der Waals surface area contributed by atoms with Crippen molar-refractivity contribution in [2.45, 2.75) is 6.10 Å². The first kappa shape index (κ1) is 18.4. The third kappa shape index (κ3) is 3.70. The third-order valence-corrected chi connectivity index (χ3v) is 4.92. The summed E-state index contributed by atoms with van der Waals surface area (Å²) in [6.07, 6.45) is 1.47. The molecule has 2 aromatic rings. The van der Waals surface area contributed by atoms with E-state index in [0.29, 0.717) is 35.6 Å². The van der Waals surface area contributed by atoms with Crippen LogP contribution in [0, 0.1) is 0 Å². The van der Waals surface area contributed by atoms with E-state index in [2.05, 4.69) is 19.8 Å². The van der Waals surface area contributed by atoms with Gasteiger partial charge in [-0.2, -0.15) is 4.98 Å². The number of piperazine rings is 1. The molecule has 3 heterocycles. The van der Waals surface area contributed by atoms with Crippen molar-refractivity contribution in [3.05, 3.63) is 24.4 Å². The van der Waals surface area contributed by atoms with Gasteiger partial charge in [-0.3, -0.25) is 4.90 Å². The molecule has 9 nitrogen and oxygen atoms in total. The first-order chi connectivity index (χ1) is 13.7. The molecule has 2 aliphatic heterocycles. The fraction of sp³-hybridized carbons (Fsp3) is 0.474. The molecule has 1 N–H and O–H groups in total. The van der Waals surface area contributed by atoms with Gasteiger partial charge in [0.15, 0.2) is 11.5 Å². The van der Waals surface area contributed by atoms with Gasteiger partial charge in [-0.05, 0) is 12.1 Å². The largest absolute Gasteiger partial charge is 0.493 e. The van der Waals surface area contributed by atoms with Gasteiger partial charge in [-0.25, -0.2) is 4.98 Å². The Labute approximate surface area is 163 Å². The van der Waals surface area contributed by atoms with E-state index in [-0.39, 0.29) is 12.0 Å². The molecule has 1 atom stereocenters. The lowest BCUT2D eigenvalue weighted by atomic mass is 10.2. The van der Waals surface area contributed by atoms with E-state index in [1.165, 1.54) is 6.07 Å². The predicted molar refractivity (Wildman–Crippen MR) is 102 cm³/mol. The van der Waals surface area contributed by atoms with Crippen LogP contribution in [0.1, 0.15) is 0 Å². The van der Waals surface area contributed by atoms with Crippen LogP contribution in [0.2, 0.25) is 0 Å². The lowest BCUT2D eigenvalue weighted by Gasteiger charge is -2.37. The fourth-order valence-electron chi connectivity index (χ4n) is 3.47. The van der Waals surface area contributed by atoms with Crippen molar-refractivity contribution in [3.63, 3.8) is 0 Å². The van der Waals surface area contributed by atoms with Gasteiger partial charge in [0.1, 0.15) is 12.7 Å². The van der Waals surface area contributed by atoms with Crippen LogP contribution in [0.3, 0.4) is 0 Å². The summed E-state index contributed by atoms with van der Waals surface area (Å²) in [7, 11) is 3.21. The minimum Gasteiger partial charge on any atom is -0.493 e. The first-order valence-corrected chi connectivity index (χ1v) is 9.21. The highest BCUT2D eigenvalue weighted by atomic mass is 16.6. The minimum absolute atomic E-state index is 0.0109. The Bertz CT molecular complexity index is 826. The van der Waals surface area contributed by atoms with E-state index >= 15 is 0 Å². The van der Waals surface area contributed by atoms with Crippen LogP contribution in [-0.4, -0.2) is 79.6 Å². The second-order valence-electron chi connectivity index (χ2n) is 6.68. The summed E-state index contributed by atoms with van der Waals surface area (Å²) in [6.45, 7) is 4.46. The number of hydrogen-bond donors (Lipinski definition) is 1. The van der Waals surface area contributed by atoms with Crippen LogP contribution in [0.25, 0.3) is 0 Å². The lowest BCUT2D eigenvalue weighted by molar-refractivity contribution is 0.0522. The normalized spacial score (nSPS) is 19.4. The molecule has 1 aromatic heterocycles. The number of anilines is 1. The zero-order valence-corrected chi connectivity index (χ0v) is 16.0.